The first-order valence-corrected chi connectivity index (χ1v) is 14.4. The minimum atomic E-state index is -0.972. The van der Waals surface area contributed by atoms with E-state index in [0.717, 1.165) is 28.0 Å². The van der Waals surface area contributed by atoms with Gasteiger partial charge in [0.2, 0.25) is 0 Å². The summed E-state index contributed by atoms with van der Waals surface area (Å²) in [5, 5.41) is 11.6. The van der Waals surface area contributed by atoms with E-state index in [1.54, 1.807) is 43.3 Å². The number of aliphatic hydroxyl groups is 1. The number of carbonyl (C=O) groups is 3. The average molecular weight is 595 g/mol. The summed E-state index contributed by atoms with van der Waals surface area (Å²) in [5.41, 5.74) is 4.39. The molecule has 1 unspecified atom stereocenters. The molecular weight excluding hydrogens is 564 g/mol. The van der Waals surface area contributed by atoms with E-state index >= 15 is 0 Å². The predicted molar refractivity (Wildman–Crippen MR) is 165 cm³/mol. The monoisotopic (exact) mass is 594 g/mol. The normalized spacial score (nSPS) is 15.9. The number of rotatable bonds is 9. The van der Waals surface area contributed by atoms with Crippen molar-refractivity contribution in [2.24, 2.45) is 0 Å². The van der Waals surface area contributed by atoms with Crippen LogP contribution in [0.1, 0.15) is 49.2 Å². The number of benzene rings is 3. The van der Waals surface area contributed by atoms with Crippen molar-refractivity contribution < 1.29 is 29.0 Å². The zero-order chi connectivity index (χ0) is 30.7. The molecule has 2 heterocycles. The highest BCUT2D eigenvalue weighted by Crippen LogP contribution is 2.44. The first-order chi connectivity index (χ1) is 20.7. The number of nitrogens with zero attached hydrogens (tertiary/aromatic N) is 2. The molecule has 0 radical (unpaired) electrons. The molecule has 4 aromatic rings. The van der Waals surface area contributed by atoms with Gasteiger partial charge in [0.15, 0.2) is 5.13 Å². The maximum absolute atomic E-state index is 13.5. The van der Waals surface area contributed by atoms with Crippen LogP contribution >= 0.6 is 11.3 Å². The van der Waals surface area contributed by atoms with Gasteiger partial charge in [-0.3, -0.25) is 14.5 Å². The molecule has 0 spiro atoms. The van der Waals surface area contributed by atoms with Gasteiger partial charge in [-0.25, -0.2) is 9.78 Å². The number of carbonyl (C=O) groups excluding carboxylic acids is 3. The molecule has 1 saturated heterocycles. The molecule has 1 amide bonds. The van der Waals surface area contributed by atoms with Crippen LogP contribution in [0.15, 0.2) is 91.0 Å². The summed E-state index contributed by atoms with van der Waals surface area (Å²) in [6.07, 6.45) is 1.45. The van der Waals surface area contributed by atoms with Crippen molar-refractivity contribution in [3.63, 3.8) is 0 Å². The Bertz CT molecular complexity index is 1740. The van der Waals surface area contributed by atoms with Crippen LogP contribution < -0.4 is 9.64 Å². The van der Waals surface area contributed by atoms with Crippen LogP contribution in [0.2, 0.25) is 0 Å². The second-order valence-electron chi connectivity index (χ2n) is 10.2. The van der Waals surface area contributed by atoms with Gasteiger partial charge in [-0.15, -0.1) is 0 Å². The van der Waals surface area contributed by atoms with Gasteiger partial charge in [-0.05, 0) is 56.2 Å². The quantitative estimate of drug-likeness (QED) is 0.0764. The lowest BCUT2D eigenvalue weighted by Gasteiger charge is -2.23. The van der Waals surface area contributed by atoms with Crippen molar-refractivity contribution in [1.82, 2.24) is 4.98 Å². The summed E-state index contributed by atoms with van der Waals surface area (Å²) in [7, 11) is 0. The van der Waals surface area contributed by atoms with Gasteiger partial charge in [0.05, 0.1) is 17.3 Å². The molecule has 0 bridgehead atoms. The summed E-state index contributed by atoms with van der Waals surface area (Å²) in [4.78, 5) is 45.5. The Morgan fingerprint density at radius 1 is 1.02 bits per heavy atom. The zero-order valence-corrected chi connectivity index (χ0v) is 24.8. The molecule has 8 nitrogen and oxygen atoms in total. The zero-order valence-electron chi connectivity index (χ0n) is 24.0. The molecule has 1 N–H and O–H groups in total. The minimum absolute atomic E-state index is 0.0230. The number of aliphatic hydroxyl groups excluding tert-OH is 1. The predicted octanol–water partition coefficient (Wildman–Crippen LogP) is 6.62. The third-order valence-corrected chi connectivity index (χ3v) is 8.10. The highest BCUT2D eigenvalue weighted by Gasteiger charge is 2.48. The first kappa shape index (κ1) is 29.5. The average Bonchev–Trinajstić information content (AvgIpc) is 3.51. The van der Waals surface area contributed by atoms with Gasteiger partial charge < -0.3 is 14.6 Å². The molecule has 0 aliphatic carbocycles. The van der Waals surface area contributed by atoms with Crippen LogP contribution in [0, 0.1) is 20.8 Å². The second-order valence-corrected chi connectivity index (χ2v) is 11.2. The molecule has 0 saturated carbocycles. The maximum atomic E-state index is 13.5. The number of hydrogen-bond donors (Lipinski definition) is 1. The van der Waals surface area contributed by atoms with Gasteiger partial charge >= 0.3 is 11.9 Å². The molecule has 3 aromatic carbocycles. The van der Waals surface area contributed by atoms with E-state index in [9.17, 15) is 19.5 Å². The summed E-state index contributed by atoms with van der Waals surface area (Å²) in [5.74, 6) is -2.05. The standard InChI is InChI=1S/C34H30N2O6S/c1-5-17-41-33(40)31-22(4)35-34(43-31)36-28(24-11-9-20(2)10-12-24)27(30(38)32(36)39)29(37)25-13-15-26(16-14-25)42-19-23-8-6-7-21(3)18-23/h5-16,18,28,37H,1,17,19H2,2-4H3. The Morgan fingerprint density at radius 3 is 2.42 bits per heavy atom. The first-order valence-electron chi connectivity index (χ1n) is 13.6. The Hall–Kier alpha value is -5.02. The third kappa shape index (κ3) is 6.12. The summed E-state index contributed by atoms with van der Waals surface area (Å²) >= 11 is 0.951. The van der Waals surface area contributed by atoms with Crippen molar-refractivity contribution in [2.75, 3.05) is 11.5 Å². The second kappa shape index (κ2) is 12.5. The van der Waals surface area contributed by atoms with E-state index in [0.29, 0.717) is 29.2 Å². The topological polar surface area (TPSA) is 106 Å². The molecule has 43 heavy (non-hydrogen) atoms. The molecule has 218 valence electrons. The fourth-order valence-corrected chi connectivity index (χ4v) is 5.79. The number of thiazole rings is 1. The number of anilines is 1. The lowest BCUT2D eigenvalue weighted by atomic mass is 9.95. The van der Waals surface area contributed by atoms with Gasteiger partial charge in [-0.2, -0.15) is 0 Å². The van der Waals surface area contributed by atoms with Gasteiger partial charge in [-0.1, -0.05) is 83.6 Å². The Balaban J connectivity index is 1.51. The fourth-order valence-electron chi connectivity index (χ4n) is 4.80. The minimum Gasteiger partial charge on any atom is -0.507 e. The highest BCUT2D eigenvalue weighted by molar-refractivity contribution is 7.17. The van der Waals surface area contributed by atoms with Crippen molar-refractivity contribution in [2.45, 2.75) is 33.4 Å². The van der Waals surface area contributed by atoms with Crippen LogP contribution in [0.3, 0.4) is 0 Å². The molecule has 1 aliphatic heterocycles. The number of ether oxygens (including phenoxy) is 2. The van der Waals surface area contributed by atoms with E-state index in [1.165, 1.54) is 11.0 Å². The maximum Gasteiger partial charge on any atom is 0.350 e. The number of aryl methyl sites for hydroxylation is 3. The number of amides is 1. The smallest absolute Gasteiger partial charge is 0.350 e. The SMILES string of the molecule is C=CCOC(=O)c1sc(N2C(=O)C(=O)C(=C(O)c3ccc(OCc4cccc(C)c4)cc3)C2c2ccc(C)cc2)nc1C. The molecule has 9 heteroatoms. The molecular formula is C34H30N2O6S. The largest absolute Gasteiger partial charge is 0.507 e. The summed E-state index contributed by atoms with van der Waals surface area (Å²) in [6, 6.07) is 21.0. The molecule has 1 aromatic heterocycles. The highest BCUT2D eigenvalue weighted by atomic mass is 32.1. The number of esters is 1. The van der Waals surface area contributed by atoms with Crippen LogP contribution in [-0.4, -0.2) is 34.4 Å². The number of ketones is 1. The molecule has 5 rings (SSSR count). The van der Waals surface area contributed by atoms with Gasteiger partial charge in [0.25, 0.3) is 5.78 Å². The van der Waals surface area contributed by atoms with Crippen LogP contribution in [0.25, 0.3) is 5.76 Å². The van der Waals surface area contributed by atoms with Crippen molar-refractivity contribution in [3.8, 4) is 5.75 Å². The van der Waals surface area contributed by atoms with E-state index in [1.807, 2.05) is 50.2 Å². The fraction of sp³-hybridized carbons (Fsp3) is 0.176. The van der Waals surface area contributed by atoms with E-state index < -0.39 is 23.7 Å². The summed E-state index contributed by atoms with van der Waals surface area (Å²) < 4.78 is 11.1. The lowest BCUT2D eigenvalue weighted by molar-refractivity contribution is -0.132. The van der Waals surface area contributed by atoms with E-state index in [4.69, 9.17) is 9.47 Å². The van der Waals surface area contributed by atoms with Crippen molar-refractivity contribution >= 4 is 39.9 Å². The molecule has 1 fully saturated rings. The lowest BCUT2D eigenvalue weighted by Crippen LogP contribution is -2.29. The molecule has 1 aliphatic rings. The van der Waals surface area contributed by atoms with Crippen LogP contribution in [0.4, 0.5) is 5.13 Å². The van der Waals surface area contributed by atoms with Crippen molar-refractivity contribution in [3.05, 3.63) is 129 Å². The number of aromatic nitrogens is 1. The Kier molecular flexibility index (Phi) is 8.54. The summed E-state index contributed by atoms with van der Waals surface area (Å²) in [6.45, 7) is 9.52. The number of Topliss-reactive ketones (excluding diaryl/α,β-unsaturated/α-hetero) is 1. The van der Waals surface area contributed by atoms with Gasteiger partial charge in [0, 0.05) is 5.56 Å². The van der Waals surface area contributed by atoms with E-state index in [2.05, 4.69) is 11.6 Å². The van der Waals surface area contributed by atoms with Crippen LogP contribution in [0.5, 0.6) is 5.75 Å². The van der Waals surface area contributed by atoms with Crippen LogP contribution in [-0.2, 0) is 20.9 Å². The van der Waals surface area contributed by atoms with Gasteiger partial charge in [0.1, 0.15) is 29.6 Å². The molecule has 1 atom stereocenters. The van der Waals surface area contributed by atoms with Crippen molar-refractivity contribution in [1.29, 1.82) is 0 Å². The third-order valence-electron chi connectivity index (χ3n) is 6.96. The van der Waals surface area contributed by atoms with E-state index in [-0.39, 0.29) is 27.9 Å². The Labute approximate surface area is 253 Å². The number of hydrogen-bond acceptors (Lipinski definition) is 8. The Morgan fingerprint density at radius 2 is 1.74 bits per heavy atom.